The van der Waals surface area contributed by atoms with Crippen molar-refractivity contribution >= 4 is 0 Å². The molecule has 1 radical (unpaired) electrons. The molecule has 12 heavy (non-hydrogen) atoms. The predicted octanol–water partition coefficient (Wildman–Crippen LogP) is 3.82. The first-order valence-electron chi connectivity index (χ1n) is 4.80. The smallest absolute Gasteiger partial charge is 0.0167 e. The molecule has 0 heterocycles. The van der Waals surface area contributed by atoms with Crippen molar-refractivity contribution in [3.05, 3.63) is 42.9 Å². The first-order valence-corrected chi connectivity index (χ1v) is 4.80. The molecule has 65 valence electrons. The van der Waals surface area contributed by atoms with Gasteiger partial charge in [0, 0.05) is 0 Å². The molecule has 0 N–H and O–H groups in total. The molecule has 1 aliphatic carbocycles. The standard InChI is InChI=1S/C12H17/c1-2-4-6-8-10-12-11-9-7-5-3-1/h1-5,10,12H,6-9,11H2. The van der Waals surface area contributed by atoms with E-state index < -0.39 is 0 Å². The second kappa shape index (κ2) is 6.90. The van der Waals surface area contributed by atoms with Gasteiger partial charge in [-0.15, -0.1) is 0 Å². The summed E-state index contributed by atoms with van der Waals surface area (Å²) in [4.78, 5) is 0. The van der Waals surface area contributed by atoms with Crippen molar-refractivity contribution < 1.29 is 0 Å². The second-order valence-corrected chi connectivity index (χ2v) is 3.03. The van der Waals surface area contributed by atoms with Crippen LogP contribution in [0.25, 0.3) is 0 Å². The lowest BCUT2D eigenvalue weighted by molar-refractivity contribution is 0.838. The fourth-order valence-electron chi connectivity index (χ4n) is 1.20. The summed E-state index contributed by atoms with van der Waals surface area (Å²) in [6.07, 6.45) is 21.5. The molecule has 0 fully saturated rings. The van der Waals surface area contributed by atoms with Crippen LogP contribution in [0.2, 0.25) is 0 Å². The van der Waals surface area contributed by atoms with Crippen molar-refractivity contribution in [1.29, 1.82) is 0 Å². The maximum absolute atomic E-state index is 2.30. The van der Waals surface area contributed by atoms with E-state index in [4.69, 9.17) is 0 Å². The first-order chi connectivity index (χ1) is 6.00. The summed E-state index contributed by atoms with van der Waals surface area (Å²) in [5, 5.41) is 0. The molecule has 1 rings (SSSR count). The highest BCUT2D eigenvalue weighted by atomic mass is 13.9. The van der Waals surface area contributed by atoms with Crippen molar-refractivity contribution in [3.63, 3.8) is 0 Å². The van der Waals surface area contributed by atoms with E-state index in [1.807, 2.05) is 0 Å². The van der Waals surface area contributed by atoms with Crippen LogP contribution in [0.15, 0.2) is 36.5 Å². The molecule has 0 saturated heterocycles. The number of rotatable bonds is 0. The molecular weight excluding hydrogens is 144 g/mol. The van der Waals surface area contributed by atoms with Crippen LogP contribution in [-0.2, 0) is 0 Å². The van der Waals surface area contributed by atoms with Gasteiger partial charge in [0.1, 0.15) is 0 Å². The topological polar surface area (TPSA) is 0 Å². The maximum Gasteiger partial charge on any atom is -0.0167 e. The van der Waals surface area contributed by atoms with Crippen molar-refractivity contribution in [1.82, 2.24) is 0 Å². The van der Waals surface area contributed by atoms with E-state index in [0.29, 0.717) is 0 Å². The molecule has 0 aromatic heterocycles. The SMILES string of the molecule is [CH]1C=CC=CCCC=CCCC1. The van der Waals surface area contributed by atoms with Crippen LogP contribution in [0.4, 0.5) is 0 Å². The molecule has 0 atom stereocenters. The molecule has 0 amide bonds. The molecule has 0 aromatic carbocycles. The van der Waals surface area contributed by atoms with Crippen LogP contribution >= 0.6 is 0 Å². The Morgan fingerprint density at radius 3 is 2.42 bits per heavy atom. The summed E-state index contributed by atoms with van der Waals surface area (Å²) < 4.78 is 0. The van der Waals surface area contributed by atoms with E-state index in [0.717, 1.165) is 0 Å². The average Bonchev–Trinajstić information content (AvgIpc) is 2.05. The van der Waals surface area contributed by atoms with Gasteiger partial charge in [0.25, 0.3) is 0 Å². The Bertz CT molecular complexity index is 172. The van der Waals surface area contributed by atoms with Crippen molar-refractivity contribution in [2.75, 3.05) is 0 Å². The lowest BCUT2D eigenvalue weighted by Crippen LogP contribution is -1.74. The Morgan fingerprint density at radius 1 is 0.583 bits per heavy atom. The van der Waals surface area contributed by atoms with Crippen molar-refractivity contribution in [2.45, 2.75) is 32.1 Å². The van der Waals surface area contributed by atoms with Crippen LogP contribution in [0.3, 0.4) is 0 Å². The summed E-state index contributed by atoms with van der Waals surface area (Å²) in [6, 6.07) is 0. The zero-order chi connectivity index (χ0) is 8.49. The monoisotopic (exact) mass is 161 g/mol. The van der Waals surface area contributed by atoms with E-state index >= 15 is 0 Å². The molecule has 0 unspecified atom stereocenters. The summed E-state index contributed by atoms with van der Waals surface area (Å²) in [5.41, 5.74) is 0. The van der Waals surface area contributed by atoms with Gasteiger partial charge >= 0.3 is 0 Å². The third kappa shape index (κ3) is 4.95. The average molecular weight is 161 g/mol. The minimum Gasteiger partial charge on any atom is -0.0885 e. The lowest BCUT2D eigenvalue weighted by atomic mass is 10.1. The molecule has 0 saturated carbocycles. The second-order valence-electron chi connectivity index (χ2n) is 3.03. The zero-order valence-electron chi connectivity index (χ0n) is 7.58. The van der Waals surface area contributed by atoms with Gasteiger partial charge in [0.05, 0.1) is 0 Å². The van der Waals surface area contributed by atoms with E-state index in [1.165, 1.54) is 32.1 Å². The van der Waals surface area contributed by atoms with Gasteiger partial charge in [-0.25, -0.2) is 0 Å². The minimum absolute atomic E-state index is 1.17. The predicted molar refractivity (Wildman–Crippen MR) is 54.8 cm³/mol. The van der Waals surface area contributed by atoms with E-state index in [-0.39, 0.29) is 0 Å². The normalized spacial score (nSPS) is 20.0. The third-order valence-electron chi connectivity index (χ3n) is 1.90. The van der Waals surface area contributed by atoms with E-state index in [2.05, 4.69) is 42.9 Å². The van der Waals surface area contributed by atoms with Crippen molar-refractivity contribution in [3.8, 4) is 0 Å². The number of hydrogen-bond acceptors (Lipinski definition) is 0. The van der Waals surface area contributed by atoms with Crippen LogP contribution in [-0.4, -0.2) is 0 Å². The Hall–Kier alpha value is -0.780. The highest BCUT2D eigenvalue weighted by molar-refractivity contribution is 5.08. The highest BCUT2D eigenvalue weighted by Crippen LogP contribution is 2.03. The molecule has 0 aromatic rings. The molecule has 0 spiro atoms. The van der Waals surface area contributed by atoms with Gasteiger partial charge in [-0.2, -0.15) is 0 Å². The molecule has 0 bridgehead atoms. The molecule has 0 nitrogen and oxygen atoms in total. The Labute approximate surface area is 75.7 Å². The van der Waals surface area contributed by atoms with E-state index in [9.17, 15) is 0 Å². The van der Waals surface area contributed by atoms with Gasteiger partial charge in [-0.1, -0.05) is 36.5 Å². The van der Waals surface area contributed by atoms with Gasteiger partial charge in [0.2, 0.25) is 0 Å². The van der Waals surface area contributed by atoms with Crippen LogP contribution in [0.1, 0.15) is 32.1 Å². The van der Waals surface area contributed by atoms with Gasteiger partial charge in [-0.3, -0.25) is 0 Å². The first kappa shape index (κ1) is 9.31. The Morgan fingerprint density at radius 2 is 1.42 bits per heavy atom. The maximum atomic E-state index is 2.30. The third-order valence-corrected chi connectivity index (χ3v) is 1.90. The Balaban J connectivity index is 2.31. The summed E-state index contributed by atoms with van der Waals surface area (Å²) >= 11 is 0. The van der Waals surface area contributed by atoms with Crippen LogP contribution in [0, 0.1) is 6.42 Å². The number of hydrogen-bond donors (Lipinski definition) is 0. The fraction of sp³-hybridized carbons (Fsp3) is 0.417. The molecule has 0 aliphatic heterocycles. The zero-order valence-corrected chi connectivity index (χ0v) is 7.58. The Kier molecular flexibility index (Phi) is 5.35. The van der Waals surface area contributed by atoms with Crippen LogP contribution in [0.5, 0.6) is 0 Å². The highest BCUT2D eigenvalue weighted by Gasteiger charge is 1.84. The quantitative estimate of drug-likeness (QED) is 0.474. The van der Waals surface area contributed by atoms with Gasteiger partial charge in [0.15, 0.2) is 0 Å². The summed E-state index contributed by atoms with van der Waals surface area (Å²) in [6.45, 7) is 0. The van der Waals surface area contributed by atoms with Gasteiger partial charge < -0.3 is 0 Å². The largest absolute Gasteiger partial charge is 0.0885 e. The summed E-state index contributed by atoms with van der Waals surface area (Å²) in [5.74, 6) is 0. The summed E-state index contributed by atoms with van der Waals surface area (Å²) in [7, 11) is 0. The minimum atomic E-state index is 1.17. The lowest BCUT2D eigenvalue weighted by Gasteiger charge is -1.93. The van der Waals surface area contributed by atoms with Gasteiger partial charge in [-0.05, 0) is 38.5 Å². The molecule has 0 heteroatoms. The molecule has 1 aliphatic rings. The molecular formula is C12H17. The number of allylic oxidation sites excluding steroid dienone is 6. The van der Waals surface area contributed by atoms with E-state index in [1.54, 1.807) is 0 Å². The van der Waals surface area contributed by atoms with Crippen molar-refractivity contribution in [2.24, 2.45) is 0 Å². The van der Waals surface area contributed by atoms with Crippen LogP contribution < -0.4 is 0 Å². The fourth-order valence-corrected chi connectivity index (χ4v) is 1.20.